The summed E-state index contributed by atoms with van der Waals surface area (Å²) in [5.74, 6) is 0.642. The summed E-state index contributed by atoms with van der Waals surface area (Å²) < 4.78 is 32.7. The minimum Gasteiger partial charge on any atom is -0.303 e. The topological polar surface area (TPSA) is 101 Å². The fourth-order valence-electron chi connectivity index (χ4n) is 4.26. The summed E-state index contributed by atoms with van der Waals surface area (Å²) in [4.78, 5) is 0. The summed E-state index contributed by atoms with van der Waals surface area (Å²) in [5.41, 5.74) is 6.09. The molecule has 1 saturated heterocycles. The molecule has 6 heteroatoms. The van der Waals surface area contributed by atoms with Crippen LogP contribution < -0.4 is 19.3 Å². The van der Waals surface area contributed by atoms with E-state index in [2.05, 4.69) is 60.8 Å². The van der Waals surface area contributed by atoms with E-state index in [1.54, 1.807) is 0 Å². The van der Waals surface area contributed by atoms with Crippen molar-refractivity contribution in [3.8, 4) is 0 Å². The summed E-state index contributed by atoms with van der Waals surface area (Å²) in [5, 5.41) is 3.87. The van der Waals surface area contributed by atoms with Crippen LogP contribution in [0.3, 0.4) is 0 Å². The lowest BCUT2D eigenvalue weighted by atomic mass is 9.73. The predicted octanol–water partition coefficient (Wildman–Crippen LogP) is -0.466. The van der Waals surface area contributed by atoms with Gasteiger partial charge in [-0.15, -0.1) is 0 Å². The largest absolute Gasteiger partial charge is 0.303 e. The van der Waals surface area contributed by atoms with Crippen molar-refractivity contribution in [3.63, 3.8) is 0 Å². The monoisotopic (exact) mass is 363 g/mol. The lowest BCUT2D eigenvalue weighted by Gasteiger charge is -2.37. The third-order valence-corrected chi connectivity index (χ3v) is 5.27. The molecule has 2 N–H and O–H groups in total. The first-order chi connectivity index (χ1) is 11.8. The first-order valence-corrected chi connectivity index (χ1v) is 9.64. The first-order valence-electron chi connectivity index (χ1n) is 8.37. The van der Waals surface area contributed by atoms with Crippen LogP contribution in [-0.2, 0) is 18.4 Å². The van der Waals surface area contributed by atoms with Crippen molar-refractivity contribution in [2.75, 3.05) is 6.54 Å². The SMILES string of the molecule is CC1CCNC12c1ccccc1CCc1ccccc12.[O-][Cl+3]([O-])([O-])O. The van der Waals surface area contributed by atoms with Crippen molar-refractivity contribution in [1.29, 1.82) is 0 Å². The second-order valence-corrected chi connectivity index (χ2v) is 7.43. The second-order valence-electron chi connectivity index (χ2n) is 6.63. The number of benzene rings is 2. The Morgan fingerprint density at radius 1 is 0.960 bits per heavy atom. The van der Waals surface area contributed by atoms with Gasteiger partial charge in [0, 0.05) is 0 Å². The van der Waals surface area contributed by atoms with E-state index in [1.807, 2.05) is 0 Å². The molecule has 1 spiro atoms. The molecule has 5 nitrogen and oxygen atoms in total. The third-order valence-electron chi connectivity index (χ3n) is 5.27. The maximum Gasteiger partial charge on any atom is 0.0777 e. The fourth-order valence-corrected chi connectivity index (χ4v) is 4.26. The van der Waals surface area contributed by atoms with E-state index in [0.717, 1.165) is 19.4 Å². The number of nitrogens with one attached hydrogen (secondary N) is 1. The Balaban J connectivity index is 0.000000324. The molecule has 2 aromatic carbocycles. The third kappa shape index (κ3) is 3.72. The minimum absolute atomic E-state index is 0.0314. The Labute approximate surface area is 149 Å². The van der Waals surface area contributed by atoms with Crippen molar-refractivity contribution in [2.45, 2.75) is 31.7 Å². The van der Waals surface area contributed by atoms with Crippen LogP contribution in [0.5, 0.6) is 0 Å². The van der Waals surface area contributed by atoms with Crippen molar-refractivity contribution < 1.29 is 28.9 Å². The summed E-state index contributed by atoms with van der Waals surface area (Å²) in [6.07, 6.45) is 3.56. The van der Waals surface area contributed by atoms with Crippen molar-refractivity contribution in [2.24, 2.45) is 5.92 Å². The highest BCUT2D eigenvalue weighted by atomic mass is 35.7. The maximum atomic E-state index is 8.60. The molecule has 25 heavy (non-hydrogen) atoms. The molecule has 0 amide bonds. The molecule has 1 aliphatic heterocycles. The smallest absolute Gasteiger partial charge is 0.0777 e. The number of fused-ring (bicyclic) bond motifs is 4. The van der Waals surface area contributed by atoms with Gasteiger partial charge in [0.15, 0.2) is 0 Å². The molecular weight excluding hydrogens is 342 g/mol. The highest BCUT2D eigenvalue weighted by Crippen LogP contribution is 2.46. The van der Waals surface area contributed by atoms with Gasteiger partial charge in [-0.25, -0.2) is 0 Å². The molecule has 2 aromatic rings. The number of rotatable bonds is 0. The summed E-state index contributed by atoms with van der Waals surface area (Å²) in [7, 11) is -4.69. The van der Waals surface area contributed by atoms with Crippen LogP contribution in [-0.4, -0.2) is 11.2 Å². The van der Waals surface area contributed by atoms with E-state index >= 15 is 0 Å². The van der Waals surface area contributed by atoms with Crippen LogP contribution >= 0.6 is 0 Å². The van der Waals surface area contributed by atoms with Crippen LogP contribution in [0, 0.1) is 16.2 Å². The first kappa shape index (κ1) is 18.3. The van der Waals surface area contributed by atoms with E-state index in [0.29, 0.717) is 5.92 Å². The molecule has 1 unspecified atom stereocenters. The van der Waals surface area contributed by atoms with Crippen LogP contribution in [0.25, 0.3) is 0 Å². The van der Waals surface area contributed by atoms with Gasteiger partial charge in [-0.3, -0.25) is 0 Å². The van der Waals surface area contributed by atoms with Gasteiger partial charge in [-0.1, -0.05) is 55.5 Å². The van der Waals surface area contributed by atoms with Gasteiger partial charge in [0.2, 0.25) is 0 Å². The molecule has 1 heterocycles. The highest BCUT2D eigenvalue weighted by Gasteiger charge is 2.45. The van der Waals surface area contributed by atoms with E-state index in [9.17, 15) is 0 Å². The van der Waals surface area contributed by atoms with Gasteiger partial charge in [0.1, 0.15) is 0 Å². The van der Waals surface area contributed by atoms with Gasteiger partial charge >= 0.3 is 0 Å². The standard InChI is InChI=1S/C19H21N.ClHO4/c1-14-12-13-20-19(14)17-8-4-2-6-15(17)10-11-16-7-3-5-9-18(16)19;2-1(3,4)5/h2-9,14,20H,10-13H2,1H3;(H,2,3,4,5). The Morgan fingerprint density at radius 3 is 1.80 bits per heavy atom. The summed E-state index contributed by atoms with van der Waals surface area (Å²) in [6.45, 7) is 3.52. The maximum absolute atomic E-state index is 8.60. The summed E-state index contributed by atoms with van der Waals surface area (Å²) >= 11 is 0. The molecule has 1 atom stereocenters. The highest BCUT2D eigenvalue weighted by molar-refractivity contribution is 5.50. The fraction of sp³-hybridized carbons (Fsp3) is 0.368. The van der Waals surface area contributed by atoms with E-state index < -0.39 is 10.2 Å². The molecule has 4 rings (SSSR count). The van der Waals surface area contributed by atoms with E-state index in [-0.39, 0.29) is 5.54 Å². The Hall–Kier alpha value is -1.47. The van der Waals surface area contributed by atoms with Crippen molar-refractivity contribution in [1.82, 2.24) is 5.32 Å². The number of halogens is 1. The van der Waals surface area contributed by atoms with Gasteiger partial charge < -0.3 is 5.32 Å². The predicted molar refractivity (Wildman–Crippen MR) is 85.1 cm³/mol. The van der Waals surface area contributed by atoms with Crippen LogP contribution in [0.4, 0.5) is 0 Å². The van der Waals surface area contributed by atoms with Gasteiger partial charge in [0.05, 0.1) is 20.4 Å². The number of aryl methyl sites for hydroxylation is 2. The Morgan fingerprint density at radius 2 is 1.40 bits per heavy atom. The molecule has 0 saturated carbocycles. The zero-order valence-electron chi connectivity index (χ0n) is 14.1. The molecule has 1 fully saturated rings. The molecule has 134 valence electrons. The van der Waals surface area contributed by atoms with E-state index in [4.69, 9.17) is 18.6 Å². The van der Waals surface area contributed by atoms with Crippen LogP contribution in [0.15, 0.2) is 48.5 Å². The van der Waals surface area contributed by atoms with Crippen molar-refractivity contribution >= 4 is 0 Å². The molecule has 0 radical (unpaired) electrons. The molecule has 2 aliphatic rings. The van der Waals surface area contributed by atoms with Gasteiger partial charge in [-0.2, -0.15) is 14.0 Å². The lowest BCUT2D eigenvalue weighted by Crippen LogP contribution is -2.58. The van der Waals surface area contributed by atoms with Crippen LogP contribution in [0.1, 0.15) is 35.6 Å². The summed E-state index contributed by atoms with van der Waals surface area (Å²) in [6, 6.07) is 18.1. The Bertz CT molecular complexity index is 691. The number of hydrogen-bond donors (Lipinski definition) is 2. The normalized spacial score (nSPS) is 20.9. The zero-order valence-corrected chi connectivity index (χ0v) is 14.8. The Kier molecular flexibility index (Phi) is 5.16. The van der Waals surface area contributed by atoms with Gasteiger partial charge in [-0.05, 0) is 54.0 Å². The quantitative estimate of drug-likeness (QED) is 0.659. The number of hydrogen-bond acceptors (Lipinski definition) is 5. The average molecular weight is 364 g/mol. The van der Waals surface area contributed by atoms with Gasteiger partial charge in [0.25, 0.3) is 0 Å². The lowest BCUT2D eigenvalue weighted by molar-refractivity contribution is -1.92. The van der Waals surface area contributed by atoms with E-state index in [1.165, 1.54) is 28.7 Å². The molecule has 0 bridgehead atoms. The molecule has 1 aliphatic carbocycles. The second kappa shape index (κ2) is 7.03. The van der Waals surface area contributed by atoms with Crippen LogP contribution in [0.2, 0.25) is 0 Å². The average Bonchev–Trinajstić information content (AvgIpc) is 2.87. The van der Waals surface area contributed by atoms with Crippen molar-refractivity contribution in [3.05, 3.63) is 70.8 Å². The minimum atomic E-state index is -4.69. The zero-order chi connectivity index (χ0) is 18.1. The molecule has 0 aromatic heterocycles. The molecular formula is C19H22ClNO4.